The monoisotopic (exact) mass is 274 g/mol. The fourth-order valence-electron chi connectivity index (χ4n) is 4.03. The van der Waals surface area contributed by atoms with E-state index in [0.29, 0.717) is 18.2 Å². The standard InChI is InChI=1S/C16H22N2O2/c1-19-11-3-2-10-6-15(16(17)14(10)7-11)18-8-12-4-5-13(9-18)20-12/h2-3,7,12-13,15-16H,4-6,8-9,17H2,1H3. The summed E-state index contributed by atoms with van der Waals surface area (Å²) in [5.41, 5.74) is 9.15. The highest BCUT2D eigenvalue weighted by Gasteiger charge is 2.41. The zero-order chi connectivity index (χ0) is 13.7. The molecule has 0 saturated carbocycles. The van der Waals surface area contributed by atoms with Gasteiger partial charge in [0.25, 0.3) is 0 Å². The molecule has 2 N–H and O–H groups in total. The SMILES string of the molecule is COc1ccc2c(c1)C(N)C(N1CC3CCC(C1)O3)C2. The van der Waals surface area contributed by atoms with Crippen molar-refractivity contribution in [3.63, 3.8) is 0 Å². The van der Waals surface area contributed by atoms with Gasteiger partial charge in [-0.05, 0) is 42.5 Å². The summed E-state index contributed by atoms with van der Waals surface area (Å²) in [5.74, 6) is 0.905. The first-order chi connectivity index (χ1) is 9.74. The lowest BCUT2D eigenvalue weighted by atomic mass is 10.1. The highest BCUT2D eigenvalue weighted by Crippen LogP contribution is 2.38. The van der Waals surface area contributed by atoms with Gasteiger partial charge in [0, 0.05) is 25.2 Å². The van der Waals surface area contributed by atoms with E-state index in [0.717, 1.165) is 25.3 Å². The number of nitrogens with zero attached hydrogens (tertiary/aromatic N) is 1. The predicted molar refractivity (Wildman–Crippen MR) is 76.9 cm³/mol. The summed E-state index contributed by atoms with van der Waals surface area (Å²) >= 11 is 0. The molecule has 0 aromatic heterocycles. The Balaban J connectivity index is 1.57. The first-order valence-electron chi connectivity index (χ1n) is 7.56. The summed E-state index contributed by atoms with van der Waals surface area (Å²) in [6.45, 7) is 2.08. The second-order valence-corrected chi connectivity index (χ2v) is 6.27. The van der Waals surface area contributed by atoms with Gasteiger partial charge in [-0.2, -0.15) is 0 Å². The van der Waals surface area contributed by atoms with Crippen LogP contribution in [0.4, 0.5) is 0 Å². The van der Waals surface area contributed by atoms with Crippen molar-refractivity contribution in [1.82, 2.24) is 4.90 Å². The molecule has 0 spiro atoms. The van der Waals surface area contributed by atoms with Gasteiger partial charge in [0.15, 0.2) is 0 Å². The molecule has 2 bridgehead atoms. The van der Waals surface area contributed by atoms with Gasteiger partial charge in [0.05, 0.1) is 19.3 Å². The molecular formula is C16H22N2O2. The van der Waals surface area contributed by atoms with Crippen LogP contribution in [0.5, 0.6) is 5.75 Å². The lowest BCUT2D eigenvalue weighted by molar-refractivity contribution is -0.0545. The van der Waals surface area contributed by atoms with Gasteiger partial charge in [-0.3, -0.25) is 4.90 Å². The molecule has 4 unspecified atom stereocenters. The van der Waals surface area contributed by atoms with Gasteiger partial charge in [0.1, 0.15) is 5.75 Å². The van der Waals surface area contributed by atoms with Crippen molar-refractivity contribution in [2.75, 3.05) is 20.2 Å². The normalized spacial score (nSPS) is 36.1. The van der Waals surface area contributed by atoms with Crippen molar-refractivity contribution >= 4 is 0 Å². The molecule has 0 amide bonds. The summed E-state index contributed by atoms with van der Waals surface area (Å²) in [4.78, 5) is 2.56. The smallest absolute Gasteiger partial charge is 0.119 e. The van der Waals surface area contributed by atoms with Crippen LogP contribution in [0.1, 0.15) is 30.0 Å². The fourth-order valence-corrected chi connectivity index (χ4v) is 4.03. The zero-order valence-electron chi connectivity index (χ0n) is 11.9. The largest absolute Gasteiger partial charge is 0.497 e. The van der Waals surface area contributed by atoms with Crippen LogP contribution in [0.15, 0.2) is 18.2 Å². The Bertz CT molecular complexity index is 507. The Labute approximate surface area is 119 Å². The van der Waals surface area contributed by atoms with Crippen LogP contribution in [0.25, 0.3) is 0 Å². The molecule has 2 saturated heterocycles. The molecule has 1 aromatic rings. The first-order valence-corrected chi connectivity index (χ1v) is 7.56. The minimum Gasteiger partial charge on any atom is -0.497 e. The average Bonchev–Trinajstić information content (AvgIpc) is 2.99. The third-order valence-corrected chi connectivity index (χ3v) is 5.10. The molecule has 20 heavy (non-hydrogen) atoms. The van der Waals surface area contributed by atoms with E-state index in [1.54, 1.807) is 7.11 Å². The van der Waals surface area contributed by atoms with Gasteiger partial charge in [-0.15, -0.1) is 0 Å². The van der Waals surface area contributed by atoms with Crippen LogP contribution in [0, 0.1) is 0 Å². The highest BCUT2D eigenvalue weighted by molar-refractivity contribution is 5.42. The number of methoxy groups -OCH3 is 1. The second kappa shape index (κ2) is 4.72. The Hall–Kier alpha value is -1.10. The predicted octanol–water partition coefficient (Wildman–Crippen LogP) is 1.48. The minimum absolute atomic E-state index is 0.0950. The van der Waals surface area contributed by atoms with E-state index in [4.69, 9.17) is 15.2 Å². The second-order valence-electron chi connectivity index (χ2n) is 6.27. The van der Waals surface area contributed by atoms with Crippen LogP contribution in [-0.2, 0) is 11.2 Å². The third kappa shape index (κ3) is 1.94. The molecule has 4 nitrogen and oxygen atoms in total. The number of benzene rings is 1. The average molecular weight is 274 g/mol. The summed E-state index contributed by atoms with van der Waals surface area (Å²) in [6, 6.07) is 6.83. The first kappa shape index (κ1) is 12.6. The lowest BCUT2D eigenvalue weighted by Crippen LogP contribution is -2.50. The van der Waals surface area contributed by atoms with E-state index >= 15 is 0 Å². The maximum absolute atomic E-state index is 6.52. The van der Waals surface area contributed by atoms with Crippen LogP contribution >= 0.6 is 0 Å². The molecule has 4 heteroatoms. The van der Waals surface area contributed by atoms with E-state index in [9.17, 15) is 0 Å². The lowest BCUT2D eigenvalue weighted by Gasteiger charge is -2.38. The number of hydrogen-bond acceptors (Lipinski definition) is 4. The van der Waals surface area contributed by atoms with Gasteiger partial charge < -0.3 is 15.2 Å². The molecule has 0 radical (unpaired) electrons. The van der Waals surface area contributed by atoms with Crippen molar-refractivity contribution in [2.24, 2.45) is 5.73 Å². The molecule has 2 fully saturated rings. The maximum atomic E-state index is 6.52. The van der Waals surface area contributed by atoms with Crippen molar-refractivity contribution in [2.45, 2.75) is 43.6 Å². The minimum atomic E-state index is 0.0950. The zero-order valence-corrected chi connectivity index (χ0v) is 11.9. The van der Waals surface area contributed by atoms with Crippen LogP contribution in [-0.4, -0.2) is 43.3 Å². The molecular weight excluding hydrogens is 252 g/mol. The highest BCUT2D eigenvalue weighted by atomic mass is 16.5. The summed E-state index contributed by atoms with van der Waals surface area (Å²) in [7, 11) is 1.71. The number of rotatable bonds is 2. The molecule has 2 aliphatic heterocycles. The van der Waals surface area contributed by atoms with Gasteiger partial charge in [0.2, 0.25) is 0 Å². The molecule has 1 aromatic carbocycles. The van der Waals surface area contributed by atoms with Crippen LogP contribution in [0.2, 0.25) is 0 Å². The van der Waals surface area contributed by atoms with Gasteiger partial charge >= 0.3 is 0 Å². The Morgan fingerprint density at radius 3 is 2.70 bits per heavy atom. The van der Waals surface area contributed by atoms with E-state index < -0.39 is 0 Å². The molecule has 4 rings (SSSR count). The molecule has 108 valence electrons. The van der Waals surface area contributed by atoms with Crippen LogP contribution < -0.4 is 10.5 Å². The number of hydrogen-bond donors (Lipinski definition) is 1. The molecule has 4 atom stereocenters. The van der Waals surface area contributed by atoms with E-state index in [1.165, 1.54) is 24.0 Å². The van der Waals surface area contributed by atoms with E-state index in [1.807, 2.05) is 6.07 Å². The Morgan fingerprint density at radius 1 is 1.25 bits per heavy atom. The summed E-state index contributed by atoms with van der Waals surface area (Å²) < 4.78 is 11.3. The number of fused-ring (bicyclic) bond motifs is 3. The van der Waals surface area contributed by atoms with Crippen molar-refractivity contribution in [1.29, 1.82) is 0 Å². The van der Waals surface area contributed by atoms with Crippen molar-refractivity contribution < 1.29 is 9.47 Å². The summed E-state index contributed by atoms with van der Waals surface area (Å²) in [6.07, 6.45) is 4.34. The van der Waals surface area contributed by atoms with E-state index in [2.05, 4.69) is 17.0 Å². The molecule has 3 aliphatic rings. The quantitative estimate of drug-likeness (QED) is 0.887. The van der Waals surface area contributed by atoms with Gasteiger partial charge in [-0.25, -0.2) is 0 Å². The van der Waals surface area contributed by atoms with Gasteiger partial charge in [-0.1, -0.05) is 6.07 Å². The maximum Gasteiger partial charge on any atom is 0.119 e. The Kier molecular flexibility index (Phi) is 2.98. The molecule has 2 heterocycles. The van der Waals surface area contributed by atoms with Crippen molar-refractivity contribution in [3.8, 4) is 5.75 Å². The number of likely N-dealkylation sites (tertiary alicyclic amines) is 1. The molecule has 1 aliphatic carbocycles. The third-order valence-electron chi connectivity index (χ3n) is 5.10. The summed E-state index contributed by atoms with van der Waals surface area (Å²) in [5, 5.41) is 0. The number of ether oxygens (including phenoxy) is 2. The fraction of sp³-hybridized carbons (Fsp3) is 0.625. The Morgan fingerprint density at radius 2 is 2.00 bits per heavy atom. The number of nitrogens with two attached hydrogens (primary N) is 1. The van der Waals surface area contributed by atoms with E-state index in [-0.39, 0.29) is 6.04 Å². The van der Waals surface area contributed by atoms with Crippen molar-refractivity contribution in [3.05, 3.63) is 29.3 Å². The topological polar surface area (TPSA) is 47.7 Å². The number of morpholine rings is 1. The van der Waals surface area contributed by atoms with Crippen LogP contribution in [0.3, 0.4) is 0 Å².